The summed E-state index contributed by atoms with van der Waals surface area (Å²) < 4.78 is 7.80. The molecule has 2 aromatic heterocycles. The molecule has 0 bridgehead atoms. The van der Waals surface area contributed by atoms with Gasteiger partial charge in [0.05, 0.1) is 0 Å². The maximum Gasteiger partial charge on any atom is 0.205 e. The number of aryl methyl sites for hydroxylation is 1. The Hall–Kier alpha value is -2.49. The molecule has 4 nitrogen and oxygen atoms in total. The molecule has 0 saturated carbocycles. The number of benzene rings is 1. The van der Waals surface area contributed by atoms with E-state index in [-0.39, 0.29) is 0 Å². The van der Waals surface area contributed by atoms with Crippen molar-refractivity contribution in [2.24, 2.45) is 0 Å². The Morgan fingerprint density at radius 1 is 1.22 bits per heavy atom. The van der Waals surface area contributed by atoms with Gasteiger partial charge in [0.15, 0.2) is 0 Å². The number of anilines is 1. The Labute approximate surface area is 105 Å². The van der Waals surface area contributed by atoms with Gasteiger partial charge in [0.2, 0.25) is 5.88 Å². The molecule has 18 heavy (non-hydrogen) atoms. The van der Waals surface area contributed by atoms with Crippen molar-refractivity contribution in [3.63, 3.8) is 0 Å². The van der Waals surface area contributed by atoms with Crippen LogP contribution in [0, 0.1) is 6.92 Å². The summed E-state index contributed by atoms with van der Waals surface area (Å²) >= 11 is 0. The van der Waals surface area contributed by atoms with Crippen molar-refractivity contribution in [1.82, 2.24) is 9.38 Å². The van der Waals surface area contributed by atoms with Gasteiger partial charge in [-0.15, -0.1) is 0 Å². The quantitative estimate of drug-likeness (QED) is 0.699. The van der Waals surface area contributed by atoms with Gasteiger partial charge in [-0.05, 0) is 42.8 Å². The number of fused-ring (bicyclic) bond motifs is 1. The molecule has 0 aliphatic rings. The van der Waals surface area contributed by atoms with Crippen molar-refractivity contribution in [3.8, 4) is 11.6 Å². The molecule has 0 amide bonds. The molecule has 0 radical (unpaired) electrons. The topological polar surface area (TPSA) is 52.5 Å². The van der Waals surface area contributed by atoms with E-state index in [0.29, 0.717) is 0 Å². The first-order chi connectivity index (χ1) is 8.74. The van der Waals surface area contributed by atoms with Crippen molar-refractivity contribution >= 4 is 11.3 Å². The van der Waals surface area contributed by atoms with Gasteiger partial charge in [-0.1, -0.05) is 6.07 Å². The van der Waals surface area contributed by atoms with E-state index in [1.165, 1.54) is 0 Å². The minimum Gasteiger partial charge on any atom is -0.440 e. The van der Waals surface area contributed by atoms with E-state index in [1.54, 1.807) is 6.20 Å². The fourth-order valence-electron chi connectivity index (χ4n) is 1.90. The second-order valence-electron chi connectivity index (χ2n) is 4.15. The normalized spacial score (nSPS) is 10.7. The molecule has 0 fully saturated rings. The third kappa shape index (κ3) is 1.78. The standard InChI is InChI=1S/C14H13N3O/c1-10-9-11(15)5-6-12(10)18-14-4-2-3-13-16-7-8-17(13)14/h2-9H,15H2,1H3. The summed E-state index contributed by atoms with van der Waals surface area (Å²) in [6.07, 6.45) is 3.62. The number of hydrogen-bond donors (Lipinski definition) is 1. The Morgan fingerprint density at radius 2 is 2.11 bits per heavy atom. The summed E-state index contributed by atoms with van der Waals surface area (Å²) in [6, 6.07) is 11.4. The number of nitrogen functional groups attached to an aromatic ring is 1. The molecule has 1 aromatic carbocycles. The maximum absolute atomic E-state index is 5.90. The van der Waals surface area contributed by atoms with Crippen LogP contribution in [0.2, 0.25) is 0 Å². The number of aromatic nitrogens is 2. The van der Waals surface area contributed by atoms with Crippen molar-refractivity contribution in [2.75, 3.05) is 5.73 Å². The fraction of sp³-hybridized carbons (Fsp3) is 0.0714. The molecule has 3 aromatic rings. The van der Waals surface area contributed by atoms with E-state index < -0.39 is 0 Å². The van der Waals surface area contributed by atoms with E-state index in [2.05, 4.69) is 4.98 Å². The highest BCUT2D eigenvalue weighted by Gasteiger charge is 2.05. The Bertz CT molecular complexity index is 703. The van der Waals surface area contributed by atoms with Gasteiger partial charge in [-0.3, -0.25) is 4.40 Å². The summed E-state index contributed by atoms with van der Waals surface area (Å²) in [5, 5.41) is 0. The van der Waals surface area contributed by atoms with E-state index in [0.717, 1.165) is 28.5 Å². The van der Waals surface area contributed by atoms with Gasteiger partial charge in [-0.2, -0.15) is 0 Å². The highest BCUT2D eigenvalue weighted by molar-refractivity contribution is 5.49. The summed E-state index contributed by atoms with van der Waals surface area (Å²) in [5.41, 5.74) is 8.33. The molecule has 90 valence electrons. The Morgan fingerprint density at radius 3 is 2.94 bits per heavy atom. The minimum absolute atomic E-state index is 0.734. The van der Waals surface area contributed by atoms with Crippen molar-refractivity contribution in [3.05, 3.63) is 54.4 Å². The molecule has 2 heterocycles. The lowest BCUT2D eigenvalue weighted by atomic mass is 10.2. The molecule has 4 heteroatoms. The molecule has 0 aliphatic carbocycles. The summed E-state index contributed by atoms with van der Waals surface area (Å²) in [6.45, 7) is 1.97. The van der Waals surface area contributed by atoms with Crippen molar-refractivity contribution < 1.29 is 4.74 Å². The van der Waals surface area contributed by atoms with E-state index in [1.807, 2.05) is 53.9 Å². The van der Waals surface area contributed by atoms with Gasteiger partial charge >= 0.3 is 0 Å². The third-order valence-electron chi connectivity index (χ3n) is 2.80. The monoisotopic (exact) mass is 239 g/mol. The van der Waals surface area contributed by atoms with E-state index >= 15 is 0 Å². The summed E-state index contributed by atoms with van der Waals surface area (Å²) in [5.74, 6) is 1.53. The van der Waals surface area contributed by atoms with Crippen LogP contribution in [0.25, 0.3) is 5.65 Å². The first kappa shape index (κ1) is 10.7. The number of ether oxygens (including phenoxy) is 1. The van der Waals surface area contributed by atoms with Crippen LogP contribution in [-0.4, -0.2) is 9.38 Å². The predicted molar refractivity (Wildman–Crippen MR) is 70.9 cm³/mol. The zero-order chi connectivity index (χ0) is 12.5. The lowest BCUT2D eigenvalue weighted by molar-refractivity contribution is 0.453. The summed E-state index contributed by atoms with van der Waals surface area (Å²) in [7, 11) is 0. The molecule has 0 unspecified atom stereocenters. The largest absolute Gasteiger partial charge is 0.440 e. The Kier molecular flexibility index (Phi) is 2.41. The number of nitrogens with two attached hydrogens (primary N) is 1. The van der Waals surface area contributed by atoms with E-state index in [9.17, 15) is 0 Å². The summed E-state index contributed by atoms with van der Waals surface area (Å²) in [4.78, 5) is 4.22. The SMILES string of the molecule is Cc1cc(N)ccc1Oc1cccc2nccn12. The van der Waals surface area contributed by atoms with Crippen LogP contribution in [0.3, 0.4) is 0 Å². The smallest absolute Gasteiger partial charge is 0.205 e. The molecule has 0 spiro atoms. The lowest BCUT2D eigenvalue weighted by Gasteiger charge is -2.10. The zero-order valence-electron chi connectivity index (χ0n) is 10.00. The van der Waals surface area contributed by atoms with Gasteiger partial charge in [0.25, 0.3) is 0 Å². The minimum atomic E-state index is 0.734. The van der Waals surface area contributed by atoms with Crippen LogP contribution in [-0.2, 0) is 0 Å². The number of nitrogens with zero attached hydrogens (tertiary/aromatic N) is 2. The van der Waals surface area contributed by atoms with Crippen molar-refractivity contribution in [1.29, 1.82) is 0 Å². The van der Waals surface area contributed by atoms with Crippen LogP contribution in [0.15, 0.2) is 48.8 Å². The van der Waals surface area contributed by atoms with Crippen LogP contribution in [0.4, 0.5) is 5.69 Å². The average molecular weight is 239 g/mol. The highest BCUT2D eigenvalue weighted by atomic mass is 16.5. The predicted octanol–water partition coefficient (Wildman–Crippen LogP) is 3.02. The first-order valence-corrected chi connectivity index (χ1v) is 5.70. The van der Waals surface area contributed by atoms with Gasteiger partial charge in [0, 0.05) is 18.1 Å². The number of imidazole rings is 1. The molecule has 0 saturated heterocycles. The number of pyridine rings is 1. The molecule has 0 atom stereocenters. The highest BCUT2D eigenvalue weighted by Crippen LogP contribution is 2.26. The second kappa shape index (κ2) is 4.07. The fourth-order valence-corrected chi connectivity index (χ4v) is 1.90. The van der Waals surface area contributed by atoms with Gasteiger partial charge < -0.3 is 10.5 Å². The second-order valence-corrected chi connectivity index (χ2v) is 4.15. The van der Waals surface area contributed by atoms with Crippen molar-refractivity contribution in [2.45, 2.75) is 6.92 Å². The molecular formula is C14H13N3O. The first-order valence-electron chi connectivity index (χ1n) is 5.70. The van der Waals surface area contributed by atoms with Gasteiger partial charge in [-0.25, -0.2) is 4.98 Å². The zero-order valence-corrected chi connectivity index (χ0v) is 10.00. The van der Waals surface area contributed by atoms with Crippen LogP contribution < -0.4 is 10.5 Å². The third-order valence-corrected chi connectivity index (χ3v) is 2.80. The van der Waals surface area contributed by atoms with Crippen LogP contribution in [0.1, 0.15) is 5.56 Å². The average Bonchev–Trinajstić information content (AvgIpc) is 2.82. The Balaban J connectivity index is 2.03. The number of hydrogen-bond acceptors (Lipinski definition) is 3. The lowest BCUT2D eigenvalue weighted by Crippen LogP contribution is -1.95. The number of rotatable bonds is 2. The van der Waals surface area contributed by atoms with E-state index in [4.69, 9.17) is 10.5 Å². The van der Waals surface area contributed by atoms with Gasteiger partial charge in [0.1, 0.15) is 11.4 Å². The molecule has 0 aliphatic heterocycles. The maximum atomic E-state index is 5.90. The molecular weight excluding hydrogens is 226 g/mol. The molecule has 2 N–H and O–H groups in total. The van der Waals surface area contributed by atoms with Crippen LogP contribution in [0.5, 0.6) is 11.6 Å². The molecule has 3 rings (SSSR count). The van der Waals surface area contributed by atoms with Crippen LogP contribution >= 0.6 is 0 Å².